The topological polar surface area (TPSA) is 251 Å². The Hall–Kier alpha value is -4.20. The van der Waals surface area contributed by atoms with Gasteiger partial charge in [-0.3, -0.25) is 0 Å². The summed E-state index contributed by atoms with van der Waals surface area (Å²) in [6, 6.07) is 2.26. The van der Waals surface area contributed by atoms with Crippen molar-refractivity contribution < 1.29 is 78.9 Å². The molecule has 16 heteroatoms. The number of carbonyl (C=O) groups excluding carboxylic acids is 2. The van der Waals surface area contributed by atoms with Crippen molar-refractivity contribution in [3.05, 3.63) is 96.2 Å². The average molecular weight is 859 g/mol. The van der Waals surface area contributed by atoms with Crippen LogP contribution in [0.25, 0.3) is 0 Å². The molecule has 0 saturated carbocycles. The maximum Gasteiger partial charge on any atom is 0.331 e. The molecule has 8 N–H and O–H groups in total. The van der Waals surface area contributed by atoms with Gasteiger partial charge in [0.2, 0.25) is 5.79 Å². The third-order valence-corrected chi connectivity index (χ3v) is 10.3. The van der Waals surface area contributed by atoms with Crippen LogP contribution in [-0.4, -0.2) is 127 Å². The number of ether oxygens (including phenoxy) is 6. The van der Waals surface area contributed by atoms with Crippen LogP contribution in [0.15, 0.2) is 85.0 Å². The number of fused-ring (bicyclic) bond motifs is 2. The van der Waals surface area contributed by atoms with Gasteiger partial charge in [0.25, 0.3) is 0 Å². The van der Waals surface area contributed by atoms with Gasteiger partial charge in [0.05, 0.1) is 24.9 Å². The van der Waals surface area contributed by atoms with E-state index >= 15 is 0 Å². The summed E-state index contributed by atoms with van der Waals surface area (Å²) in [6.07, 6.45) is 11.0. The lowest BCUT2D eigenvalue weighted by Gasteiger charge is -2.50. The summed E-state index contributed by atoms with van der Waals surface area (Å²) >= 11 is 0. The molecule has 0 aliphatic carbocycles. The van der Waals surface area contributed by atoms with Crippen LogP contribution < -0.4 is 0 Å². The van der Waals surface area contributed by atoms with Gasteiger partial charge in [-0.2, -0.15) is 0 Å². The Bertz CT molecular complexity index is 1720. The Morgan fingerprint density at radius 1 is 0.820 bits per heavy atom. The number of unbranched alkanes of at least 4 members (excludes halogenated alkanes) is 6. The molecule has 0 bridgehead atoms. The molecule has 61 heavy (non-hydrogen) atoms. The van der Waals surface area contributed by atoms with E-state index in [0.717, 1.165) is 69.6 Å². The van der Waals surface area contributed by atoms with Crippen LogP contribution in [-0.2, 0) is 50.4 Å². The van der Waals surface area contributed by atoms with Crippen LogP contribution in [0.2, 0.25) is 0 Å². The molecule has 0 radical (unpaired) electrons. The van der Waals surface area contributed by atoms with E-state index in [4.69, 9.17) is 28.4 Å². The third kappa shape index (κ3) is 13.9. The van der Waals surface area contributed by atoms with Gasteiger partial charge in [-0.05, 0) is 43.7 Å². The summed E-state index contributed by atoms with van der Waals surface area (Å²) < 4.78 is 34.7. The van der Waals surface area contributed by atoms with E-state index in [9.17, 15) is 50.4 Å². The zero-order chi connectivity index (χ0) is 44.4. The monoisotopic (exact) mass is 858 g/mol. The van der Waals surface area contributed by atoms with E-state index in [-0.39, 0.29) is 29.9 Å². The van der Waals surface area contributed by atoms with Crippen molar-refractivity contribution >= 4 is 11.9 Å². The second kappa shape index (κ2) is 25.0. The number of benzene rings is 1. The van der Waals surface area contributed by atoms with Crippen molar-refractivity contribution in [2.45, 2.75) is 145 Å². The molecular weight excluding hydrogens is 796 g/mol. The van der Waals surface area contributed by atoms with E-state index < -0.39 is 97.9 Å². The highest BCUT2D eigenvalue weighted by molar-refractivity contribution is 5.82. The SMILES string of the molecule is CCCCC/C=C\C=C\C(=O)OC[C@H]1O[C@@H](O[C@H]2[C@H](OC(=O)/C=C/C=C/C[C@@H](O)/C=C/C=C/CCCCC)[C@@H](O)[C@@]3(OCc4cc(O)cc(O)c43)O[C@@H]2CO)[C@H](O)[C@@H](O)[C@H]1O. The first-order chi connectivity index (χ1) is 29.4. The van der Waals surface area contributed by atoms with E-state index in [1.165, 1.54) is 24.3 Å². The third-order valence-electron chi connectivity index (χ3n) is 10.3. The largest absolute Gasteiger partial charge is 0.508 e. The predicted octanol–water partition coefficient (Wildman–Crippen LogP) is 3.43. The second-order valence-corrected chi connectivity index (χ2v) is 15.1. The Balaban J connectivity index is 1.50. The Morgan fingerprint density at radius 3 is 2.15 bits per heavy atom. The first-order valence-electron chi connectivity index (χ1n) is 20.9. The molecule has 338 valence electrons. The van der Waals surface area contributed by atoms with Crippen LogP contribution in [0.3, 0.4) is 0 Å². The number of phenols is 2. The standard InChI is InChI=1S/C45H62O16/c1-3-5-7-9-11-13-16-20-30(47)21-17-15-19-23-36(51)59-42-41(33(26-46)61-45(43(42)55)37-29(27-57-45)24-31(48)25-32(37)49)60-44-40(54)39(53)38(52)34(58-44)28-56-35(50)22-18-14-12-10-8-6-4-2/h11-20,22-25,30,33-34,38-44,46-49,52-55H,3-10,21,26-28H2,1-2H3/b13-11+,14-12-,17-15+,20-16+,22-18+,23-19+/t30-,33+,34+,38-,39-,40+,41+,42-,43+,44-,45-/m0/s1. The Kier molecular flexibility index (Phi) is 20.3. The number of allylic oxidation sites excluding steroid dienone is 8. The highest BCUT2D eigenvalue weighted by Gasteiger charge is 2.63. The van der Waals surface area contributed by atoms with Gasteiger partial charge in [0.1, 0.15) is 54.7 Å². The number of hydrogen-bond donors (Lipinski definition) is 8. The molecular formula is C45H62O16. The van der Waals surface area contributed by atoms with Gasteiger partial charge < -0.3 is 69.3 Å². The molecule has 11 atom stereocenters. The maximum absolute atomic E-state index is 13.3. The van der Waals surface area contributed by atoms with Gasteiger partial charge >= 0.3 is 11.9 Å². The Morgan fingerprint density at radius 2 is 1.48 bits per heavy atom. The zero-order valence-electron chi connectivity index (χ0n) is 34.7. The van der Waals surface area contributed by atoms with Crippen molar-refractivity contribution in [1.29, 1.82) is 0 Å². The van der Waals surface area contributed by atoms with Gasteiger partial charge in [0.15, 0.2) is 18.5 Å². The summed E-state index contributed by atoms with van der Waals surface area (Å²) in [6.45, 7) is 2.50. The smallest absolute Gasteiger partial charge is 0.331 e. The summed E-state index contributed by atoms with van der Waals surface area (Å²) in [4.78, 5) is 25.7. The van der Waals surface area contributed by atoms with Crippen molar-refractivity contribution in [2.75, 3.05) is 13.2 Å². The van der Waals surface area contributed by atoms with Crippen molar-refractivity contribution in [3.63, 3.8) is 0 Å². The summed E-state index contributed by atoms with van der Waals surface area (Å²) in [5.74, 6) is -4.90. The number of aliphatic hydroxyl groups is 6. The first kappa shape index (κ1) is 49.5. The van der Waals surface area contributed by atoms with Crippen LogP contribution in [0.1, 0.15) is 82.8 Å². The highest BCUT2D eigenvalue weighted by atomic mass is 16.8. The number of aliphatic hydroxyl groups excluding tert-OH is 6. The van der Waals surface area contributed by atoms with Crippen LogP contribution in [0.4, 0.5) is 0 Å². The van der Waals surface area contributed by atoms with Gasteiger partial charge in [-0.1, -0.05) is 100 Å². The van der Waals surface area contributed by atoms with Crippen LogP contribution >= 0.6 is 0 Å². The van der Waals surface area contributed by atoms with Crippen molar-refractivity contribution in [1.82, 2.24) is 0 Å². The minimum atomic E-state index is -2.26. The fourth-order valence-electron chi connectivity index (χ4n) is 7.09. The molecule has 16 nitrogen and oxygen atoms in total. The van der Waals surface area contributed by atoms with Crippen molar-refractivity contribution in [2.24, 2.45) is 0 Å². The molecule has 0 aromatic heterocycles. The number of aromatic hydroxyl groups is 2. The first-order valence-corrected chi connectivity index (χ1v) is 20.9. The molecule has 0 amide bonds. The summed E-state index contributed by atoms with van der Waals surface area (Å²) in [5, 5.41) is 86.2. The maximum atomic E-state index is 13.3. The summed E-state index contributed by atoms with van der Waals surface area (Å²) in [5.41, 5.74) is 0.116. The van der Waals surface area contributed by atoms with Crippen LogP contribution in [0, 0.1) is 0 Å². The van der Waals surface area contributed by atoms with E-state index in [0.29, 0.717) is 0 Å². The highest BCUT2D eigenvalue weighted by Crippen LogP contribution is 2.51. The number of hydrogen-bond acceptors (Lipinski definition) is 16. The lowest BCUT2D eigenvalue weighted by molar-refractivity contribution is -0.395. The van der Waals surface area contributed by atoms with E-state index in [1.807, 2.05) is 18.2 Å². The Labute approximate surface area is 356 Å². The minimum Gasteiger partial charge on any atom is -0.508 e. The molecule has 0 unspecified atom stereocenters. The minimum absolute atomic E-state index is 0.107. The number of carbonyl (C=O) groups is 2. The molecule has 1 aromatic carbocycles. The average Bonchev–Trinajstić information content (AvgIpc) is 3.60. The van der Waals surface area contributed by atoms with Gasteiger partial charge in [-0.15, -0.1) is 0 Å². The molecule has 3 aliphatic rings. The number of esters is 2. The molecule has 3 aliphatic heterocycles. The van der Waals surface area contributed by atoms with Gasteiger partial charge in [-0.25, -0.2) is 9.59 Å². The number of phenolic OH excluding ortho intramolecular Hbond substituents is 2. The lowest BCUT2D eigenvalue weighted by Crippen LogP contribution is -2.67. The predicted molar refractivity (Wildman–Crippen MR) is 220 cm³/mol. The van der Waals surface area contributed by atoms with E-state index in [1.54, 1.807) is 24.3 Å². The second-order valence-electron chi connectivity index (χ2n) is 15.1. The lowest BCUT2D eigenvalue weighted by atomic mass is 9.86. The number of rotatable bonds is 22. The van der Waals surface area contributed by atoms with Gasteiger partial charge in [0, 0.05) is 18.2 Å². The summed E-state index contributed by atoms with van der Waals surface area (Å²) in [7, 11) is 0. The van der Waals surface area contributed by atoms with E-state index in [2.05, 4.69) is 13.8 Å². The molecule has 3 heterocycles. The molecule has 1 aromatic rings. The molecule has 2 fully saturated rings. The quantitative estimate of drug-likeness (QED) is 0.0360. The van der Waals surface area contributed by atoms with Crippen LogP contribution in [0.5, 0.6) is 11.5 Å². The zero-order valence-corrected chi connectivity index (χ0v) is 34.7. The fourth-order valence-corrected chi connectivity index (χ4v) is 7.09. The molecule has 4 rings (SSSR count). The molecule has 2 saturated heterocycles. The normalized spacial score (nSPS) is 29.9. The van der Waals surface area contributed by atoms with Crippen molar-refractivity contribution in [3.8, 4) is 11.5 Å². The fraction of sp³-hybridized carbons (Fsp3) is 0.556. The molecule has 1 spiro atoms.